The van der Waals surface area contributed by atoms with Gasteiger partial charge in [0, 0.05) is 25.2 Å². The molecule has 0 radical (unpaired) electrons. The Morgan fingerprint density at radius 2 is 1.52 bits per heavy atom. The van der Waals surface area contributed by atoms with Gasteiger partial charge in [0.1, 0.15) is 40.8 Å². The molecule has 308 valence electrons. The lowest BCUT2D eigenvalue weighted by atomic mass is 9.95. The van der Waals surface area contributed by atoms with Crippen molar-refractivity contribution in [1.29, 1.82) is 0 Å². The molecule has 0 aliphatic carbocycles. The van der Waals surface area contributed by atoms with Gasteiger partial charge in [-0.25, -0.2) is 18.6 Å². The van der Waals surface area contributed by atoms with E-state index in [0.717, 1.165) is 13.0 Å². The van der Waals surface area contributed by atoms with Crippen LogP contribution in [-0.4, -0.2) is 77.9 Å². The highest BCUT2D eigenvalue weighted by atomic mass is 79.9. The van der Waals surface area contributed by atoms with Crippen LogP contribution in [0.25, 0.3) is 11.3 Å². The highest BCUT2D eigenvalue weighted by molar-refractivity contribution is 9.10. The molecule has 0 saturated carbocycles. The minimum Gasteiger partial charge on any atom is -0.497 e. The van der Waals surface area contributed by atoms with Crippen molar-refractivity contribution < 1.29 is 50.5 Å². The zero-order chi connectivity index (χ0) is 41.8. The first-order chi connectivity index (χ1) is 27.4. The SMILES string of the molecule is COc1ccc(CN(Cc2ccc(OC)cc2)c2cc(-c3nc4c(c(Br)c3F)C(=O)N3C[C@H]5CC[C@@H]([C@H]3CO4)N5C(=O)OC(C)(C)C)c(C(F)(F)F)c(C)c2F)cc1. The largest absolute Gasteiger partial charge is 0.497 e. The van der Waals surface area contributed by atoms with E-state index in [1.165, 1.54) is 19.1 Å². The summed E-state index contributed by atoms with van der Waals surface area (Å²) in [7, 11) is 3.02. The maximum absolute atomic E-state index is 16.8. The van der Waals surface area contributed by atoms with Gasteiger partial charge >= 0.3 is 12.3 Å². The molecule has 3 aliphatic heterocycles. The summed E-state index contributed by atoms with van der Waals surface area (Å²) in [5.74, 6) is -2.31. The fraction of sp³-hybridized carbons (Fsp3) is 0.405. The number of ether oxygens (including phenoxy) is 4. The smallest absolute Gasteiger partial charge is 0.417 e. The molecule has 0 unspecified atom stereocenters. The van der Waals surface area contributed by atoms with Crippen molar-refractivity contribution >= 4 is 33.6 Å². The second kappa shape index (κ2) is 15.6. The maximum Gasteiger partial charge on any atom is 0.417 e. The van der Waals surface area contributed by atoms with Gasteiger partial charge in [-0.05, 0) is 103 Å². The van der Waals surface area contributed by atoms with E-state index in [-0.39, 0.29) is 43.5 Å². The number of nitrogens with zero attached hydrogens (tertiary/aromatic N) is 4. The Kier molecular flexibility index (Phi) is 11.0. The van der Waals surface area contributed by atoms with Gasteiger partial charge in [0.2, 0.25) is 5.88 Å². The Hall–Kier alpha value is -5.12. The molecule has 3 aliphatic rings. The number of carbonyl (C=O) groups excluding carboxylic acids is 2. The fourth-order valence-electron chi connectivity index (χ4n) is 8.05. The van der Waals surface area contributed by atoms with E-state index in [2.05, 4.69) is 20.9 Å². The summed E-state index contributed by atoms with van der Waals surface area (Å²) >= 11 is 3.17. The van der Waals surface area contributed by atoms with Crippen molar-refractivity contribution in [2.75, 3.05) is 32.3 Å². The summed E-state index contributed by atoms with van der Waals surface area (Å²) in [6.07, 6.45) is -4.53. The fourth-order valence-corrected chi connectivity index (χ4v) is 8.58. The van der Waals surface area contributed by atoms with Gasteiger partial charge in [-0.2, -0.15) is 13.2 Å². The zero-order valence-electron chi connectivity index (χ0n) is 32.7. The van der Waals surface area contributed by atoms with E-state index in [4.69, 9.17) is 18.9 Å². The number of halogens is 6. The standard InChI is InChI=1S/C42H42BrF5N4O6/c1-22-33(42(46,47)48)28(17-30(35(22)44)50(18-23-7-12-26(55-5)13-8-23)19-24-9-14-27(56-6)15-10-24)37-36(45)34(43)32-38(49-37)57-21-31-29-16-11-25(20-51(31)39(32)53)52(29)40(54)58-41(2,3)4/h7-10,12-15,17,25,29,31H,11,16,18-21H2,1-6H3/t25-,29+,31-/m1/s1. The third kappa shape index (κ3) is 7.74. The van der Waals surface area contributed by atoms with Gasteiger partial charge in [0.05, 0.1) is 48.1 Å². The Bertz CT molecular complexity index is 2180. The van der Waals surface area contributed by atoms with Crippen molar-refractivity contribution in [1.82, 2.24) is 14.8 Å². The quantitative estimate of drug-likeness (QED) is 0.162. The lowest BCUT2D eigenvalue weighted by Gasteiger charge is -2.45. The number of alkyl halides is 3. The lowest BCUT2D eigenvalue weighted by Crippen LogP contribution is -2.64. The molecule has 1 aromatic heterocycles. The van der Waals surface area contributed by atoms with Crippen molar-refractivity contribution in [3.8, 4) is 28.6 Å². The molecule has 58 heavy (non-hydrogen) atoms. The molecule has 16 heteroatoms. The third-order valence-corrected chi connectivity index (χ3v) is 11.5. The predicted octanol–water partition coefficient (Wildman–Crippen LogP) is 9.33. The number of aromatic nitrogens is 1. The van der Waals surface area contributed by atoms with Crippen LogP contribution in [0, 0.1) is 18.6 Å². The van der Waals surface area contributed by atoms with E-state index in [0.29, 0.717) is 35.5 Å². The summed E-state index contributed by atoms with van der Waals surface area (Å²) < 4.78 is 100. The highest BCUT2D eigenvalue weighted by Gasteiger charge is 2.53. The first-order valence-corrected chi connectivity index (χ1v) is 19.4. The van der Waals surface area contributed by atoms with Gasteiger partial charge in [-0.1, -0.05) is 24.3 Å². The van der Waals surface area contributed by atoms with E-state index in [1.807, 2.05) is 0 Å². The lowest BCUT2D eigenvalue weighted by molar-refractivity contribution is -0.137. The van der Waals surface area contributed by atoms with Crippen LogP contribution >= 0.6 is 15.9 Å². The van der Waals surface area contributed by atoms with Crippen molar-refractivity contribution in [2.24, 2.45) is 0 Å². The number of carbonyl (C=O) groups is 2. The topological polar surface area (TPSA) is 93.7 Å². The number of amides is 2. The van der Waals surface area contributed by atoms with Gasteiger partial charge in [0.15, 0.2) is 5.82 Å². The number of benzene rings is 3. The average molecular weight is 874 g/mol. The number of pyridine rings is 1. The molecule has 7 rings (SSSR count). The number of piperazine rings is 1. The molecule has 3 atom stereocenters. The highest BCUT2D eigenvalue weighted by Crippen LogP contribution is 2.47. The van der Waals surface area contributed by atoms with Gasteiger partial charge in [-0.3, -0.25) is 9.69 Å². The summed E-state index contributed by atoms with van der Waals surface area (Å²) in [6.45, 7) is 6.25. The second-order valence-corrected chi connectivity index (χ2v) is 16.4. The molecule has 2 bridgehead atoms. The first kappa shape index (κ1) is 41.1. The van der Waals surface area contributed by atoms with E-state index in [1.54, 1.807) is 79.1 Å². The van der Waals surface area contributed by atoms with Crippen LogP contribution in [0.1, 0.15) is 66.2 Å². The summed E-state index contributed by atoms with van der Waals surface area (Å²) in [5, 5.41) is 0. The molecule has 10 nitrogen and oxygen atoms in total. The van der Waals surface area contributed by atoms with Crippen LogP contribution in [0.3, 0.4) is 0 Å². The number of rotatable bonds is 8. The summed E-state index contributed by atoms with van der Waals surface area (Å²) in [5.41, 5.74) is -3.67. The minimum atomic E-state index is -5.15. The maximum atomic E-state index is 16.8. The van der Waals surface area contributed by atoms with Crippen LogP contribution in [0.2, 0.25) is 0 Å². The Balaban J connectivity index is 1.33. The van der Waals surface area contributed by atoms with Crippen molar-refractivity contribution in [2.45, 2.75) is 83.5 Å². The summed E-state index contributed by atoms with van der Waals surface area (Å²) in [4.78, 5) is 36.5. The Morgan fingerprint density at radius 3 is 2.05 bits per heavy atom. The number of anilines is 1. The number of hydrogen-bond acceptors (Lipinski definition) is 8. The average Bonchev–Trinajstić information content (AvgIpc) is 3.42. The number of hydrogen-bond donors (Lipinski definition) is 0. The van der Waals surface area contributed by atoms with Crippen LogP contribution in [0.5, 0.6) is 17.4 Å². The van der Waals surface area contributed by atoms with Crippen LogP contribution < -0.4 is 19.1 Å². The molecule has 0 spiro atoms. The van der Waals surface area contributed by atoms with E-state index in [9.17, 15) is 9.59 Å². The molecule has 2 saturated heterocycles. The first-order valence-electron chi connectivity index (χ1n) is 18.7. The van der Waals surface area contributed by atoms with Gasteiger partial charge < -0.3 is 28.7 Å². The van der Waals surface area contributed by atoms with Gasteiger partial charge in [0.25, 0.3) is 5.91 Å². The van der Waals surface area contributed by atoms with Crippen LogP contribution in [0.4, 0.5) is 32.4 Å². The zero-order valence-corrected chi connectivity index (χ0v) is 34.3. The Morgan fingerprint density at radius 1 is 0.931 bits per heavy atom. The monoisotopic (exact) mass is 872 g/mol. The van der Waals surface area contributed by atoms with Crippen LogP contribution in [0.15, 0.2) is 59.1 Å². The van der Waals surface area contributed by atoms with Gasteiger partial charge in [-0.15, -0.1) is 0 Å². The molecular formula is C42H42BrF5N4O6. The molecule has 4 aromatic rings. The molecule has 2 amide bonds. The van der Waals surface area contributed by atoms with Crippen LogP contribution in [-0.2, 0) is 24.0 Å². The molecular weight excluding hydrogens is 831 g/mol. The minimum absolute atomic E-state index is 0.0400. The van der Waals surface area contributed by atoms with Crippen molar-refractivity contribution in [3.63, 3.8) is 0 Å². The number of fused-ring (bicyclic) bond motifs is 5. The molecule has 4 heterocycles. The molecule has 3 aromatic carbocycles. The van der Waals surface area contributed by atoms with E-state index >= 15 is 22.0 Å². The number of methoxy groups -OCH3 is 2. The third-order valence-electron chi connectivity index (χ3n) is 10.7. The molecule has 2 fully saturated rings. The van der Waals surface area contributed by atoms with E-state index < -0.39 is 80.2 Å². The molecule has 0 N–H and O–H groups in total. The van der Waals surface area contributed by atoms with Crippen molar-refractivity contribution in [3.05, 3.63) is 98.5 Å². The Labute approximate surface area is 340 Å². The second-order valence-electron chi connectivity index (χ2n) is 15.6. The predicted molar refractivity (Wildman–Crippen MR) is 208 cm³/mol. The normalized spacial score (nSPS) is 18.9. The summed E-state index contributed by atoms with van der Waals surface area (Å²) in [6, 6.07) is 13.3.